The van der Waals surface area contributed by atoms with Crippen LogP contribution in [0.5, 0.6) is 11.5 Å². The molecular weight excluding hydrogens is 384 g/mol. The summed E-state index contributed by atoms with van der Waals surface area (Å²) in [6.07, 6.45) is 0.866. The summed E-state index contributed by atoms with van der Waals surface area (Å²) >= 11 is 1.65. The van der Waals surface area contributed by atoms with E-state index < -0.39 is 0 Å². The first-order chi connectivity index (χ1) is 14.3. The van der Waals surface area contributed by atoms with Gasteiger partial charge in [0.05, 0.1) is 10.2 Å². The van der Waals surface area contributed by atoms with E-state index in [0.717, 1.165) is 23.2 Å². The molecule has 0 atom stereocenters. The number of ether oxygens (including phenoxy) is 2. The molecule has 4 aromatic rings. The number of rotatable bonds is 5. The van der Waals surface area contributed by atoms with Crippen LogP contribution < -0.4 is 14.8 Å². The fourth-order valence-electron chi connectivity index (χ4n) is 3.61. The Morgan fingerprint density at radius 2 is 1.83 bits per heavy atom. The molecule has 0 saturated heterocycles. The predicted octanol–water partition coefficient (Wildman–Crippen LogP) is 4.97. The number of carbonyl (C=O) groups excluding carboxylic acids is 1. The summed E-state index contributed by atoms with van der Waals surface area (Å²) < 4.78 is 14.4. The van der Waals surface area contributed by atoms with Gasteiger partial charge in [0.2, 0.25) is 0 Å². The molecule has 5 rings (SSSR count). The molecule has 0 bridgehead atoms. The summed E-state index contributed by atoms with van der Waals surface area (Å²) in [5, 5.41) is 5.07. The number of hydrogen-bond acceptors (Lipinski definition) is 4. The van der Waals surface area contributed by atoms with Crippen molar-refractivity contribution in [2.45, 2.75) is 13.0 Å². The lowest BCUT2D eigenvalue weighted by molar-refractivity contribution is 0.101. The highest BCUT2D eigenvalue weighted by Gasteiger charge is 2.18. The molecule has 2 aromatic carbocycles. The summed E-state index contributed by atoms with van der Waals surface area (Å²) in [6, 6.07) is 19.9. The van der Waals surface area contributed by atoms with Gasteiger partial charge in [0.25, 0.3) is 5.91 Å². The highest BCUT2D eigenvalue weighted by molar-refractivity contribution is 7.17. The number of aryl methyl sites for hydroxylation is 2. The lowest BCUT2D eigenvalue weighted by Crippen LogP contribution is -2.19. The van der Waals surface area contributed by atoms with E-state index in [4.69, 9.17) is 9.47 Å². The van der Waals surface area contributed by atoms with Crippen molar-refractivity contribution >= 4 is 33.1 Å². The van der Waals surface area contributed by atoms with Crippen LogP contribution in [0, 0.1) is 0 Å². The number of nitrogens with one attached hydrogen (secondary N) is 1. The van der Waals surface area contributed by atoms with Gasteiger partial charge >= 0.3 is 0 Å². The van der Waals surface area contributed by atoms with Crippen molar-refractivity contribution in [3.63, 3.8) is 0 Å². The molecule has 5 nitrogen and oxygen atoms in total. The largest absolute Gasteiger partial charge is 0.486 e. The lowest BCUT2D eigenvalue weighted by Gasteiger charge is -2.19. The van der Waals surface area contributed by atoms with Crippen molar-refractivity contribution in [1.82, 2.24) is 4.57 Å². The fraction of sp³-hybridized carbons (Fsp3) is 0.174. The van der Waals surface area contributed by atoms with Crippen LogP contribution in [0.15, 0.2) is 66.0 Å². The second kappa shape index (κ2) is 7.64. The molecular formula is C23H20N2O3S. The Morgan fingerprint density at radius 3 is 2.69 bits per heavy atom. The van der Waals surface area contributed by atoms with Crippen LogP contribution in [0.2, 0.25) is 0 Å². The molecule has 2 aromatic heterocycles. The summed E-state index contributed by atoms with van der Waals surface area (Å²) in [7, 11) is 0. The minimum atomic E-state index is -0.127. The second-order valence-corrected chi connectivity index (χ2v) is 7.85. The van der Waals surface area contributed by atoms with E-state index in [1.54, 1.807) is 11.3 Å². The highest BCUT2D eigenvalue weighted by Crippen LogP contribution is 2.33. The first-order valence-electron chi connectivity index (χ1n) is 9.59. The van der Waals surface area contributed by atoms with E-state index in [1.807, 2.05) is 42.5 Å². The number of fused-ring (bicyclic) bond motifs is 2. The molecule has 0 aliphatic carbocycles. The number of nitrogens with zero attached hydrogens (tertiary/aromatic N) is 1. The molecule has 1 amide bonds. The molecule has 1 aliphatic rings. The van der Waals surface area contributed by atoms with E-state index in [0.29, 0.717) is 36.1 Å². The Hall–Kier alpha value is -3.25. The standard InChI is InChI=1S/C23H20N2O3S/c26-23(24-17-6-7-20-21(14-17)28-12-11-27-20)19-15-22-18(9-13-29-22)25(19)10-8-16-4-2-1-3-5-16/h1-7,9,13-15H,8,10-12H2,(H,24,26). The van der Waals surface area contributed by atoms with Gasteiger partial charge in [-0.3, -0.25) is 4.79 Å². The number of anilines is 1. The van der Waals surface area contributed by atoms with Gasteiger partial charge < -0.3 is 19.4 Å². The Morgan fingerprint density at radius 1 is 1.00 bits per heavy atom. The number of aromatic nitrogens is 1. The van der Waals surface area contributed by atoms with E-state index in [1.165, 1.54) is 5.56 Å². The zero-order valence-corrected chi connectivity index (χ0v) is 16.6. The number of carbonyl (C=O) groups is 1. The molecule has 6 heteroatoms. The molecule has 0 spiro atoms. The van der Waals surface area contributed by atoms with E-state index in [9.17, 15) is 4.79 Å². The predicted molar refractivity (Wildman–Crippen MR) is 115 cm³/mol. The maximum absolute atomic E-state index is 13.1. The highest BCUT2D eigenvalue weighted by atomic mass is 32.1. The van der Waals surface area contributed by atoms with Crippen LogP contribution in [-0.2, 0) is 13.0 Å². The fourth-order valence-corrected chi connectivity index (χ4v) is 4.43. The van der Waals surface area contributed by atoms with Crippen LogP contribution >= 0.6 is 11.3 Å². The van der Waals surface area contributed by atoms with Crippen molar-refractivity contribution in [3.05, 3.63) is 77.3 Å². The smallest absolute Gasteiger partial charge is 0.272 e. The third-order valence-electron chi connectivity index (χ3n) is 5.02. The summed E-state index contributed by atoms with van der Waals surface area (Å²) in [4.78, 5) is 13.1. The van der Waals surface area contributed by atoms with Gasteiger partial charge in [-0.05, 0) is 41.6 Å². The lowest BCUT2D eigenvalue weighted by atomic mass is 10.1. The molecule has 146 valence electrons. The van der Waals surface area contributed by atoms with Crippen molar-refractivity contribution in [2.24, 2.45) is 0 Å². The minimum absolute atomic E-state index is 0.127. The maximum Gasteiger partial charge on any atom is 0.272 e. The number of benzene rings is 2. The number of thiophene rings is 1. The van der Waals surface area contributed by atoms with Gasteiger partial charge in [0.15, 0.2) is 11.5 Å². The van der Waals surface area contributed by atoms with E-state index in [-0.39, 0.29) is 5.91 Å². The van der Waals surface area contributed by atoms with Crippen molar-refractivity contribution in [2.75, 3.05) is 18.5 Å². The van der Waals surface area contributed by atoms with Gasteiger partial charge in [-0.2, -0.15) is 0 Å². The Labute approximate surface area is 172 Å². The van der Waals surface area contributed by atoms with Gasteiger partial charge in [-0.25, -0.2) is 0 Å². The molecule has 0 radical (unpaired) electrons. The Bertz CT molecular complexity index is 1160. The first-order valence-corrected chi connectivity index (χ1v) is 10.5. The van der Waals surface area contributed by atoms with Crippen molar-refractivity contribution in [1.29, 1.82) is 0 Å². The van der Waals surface area contributed by atoms with Crippen molar-refractivity contribution < 1.29 is 14.3 Å². The minimum Gasteiger partial charge on any atom is -0.486 e. The molecule has 1 N–H and O–H groups in total. The summed E-state index contributed by atoms with van der Waals surface area (Å²) in [6.45, 7) is 1.81. The molecule has 29 heavy (non-hydrogen) atoms. The van der Waals surface area contributed by atoms with Crippen LogP contribution in [-0.4, -0.2) is 23.7 Å². The van der Waals surface area contributed by atoms with Crippen LogP contribution in [0.25, 0.3) is 10.2 Å². The van der Waals surface area contributed by atoms with Crippen LogP contribution in [0.3, 0.4) is 0 Å². The van der Waals surface area contributed by atoms with Gasteiger partial charge in [-0.1, -0.05) is 30.3 Å². The van der Waals surface area contributed by atoms with Crippen molar-refractivity contribution in [3.8, 4) is 11.5 Å². The zero-order valence-electron chi connectivity index (χ0n) is 15.8. The Balaban J connectivity index is 1.40. The Kier molecular flexibility index (Phi) is 4.69. The third kappa shape index (κ3) is 3.59. The number of amides is 1. The molecule has 3 heterocycles. The molecule has 1 aliphatic heterocycles. The van der Waals surface area contributed by atoms with Gasteiger partial charge in [0.1, 0.15) is 18.9 Å². The SMILES string of the molecule is O=C(Nc1ccc2c(c1)OCCO2)c1cc2sccc2n1CCc1ccccc1. The van der Waals surface area contributed by atoms with Gasteiger partial charge in [-0.15, -0.1) is 11.3 Å². The quantitative estimate of drug-likeness (QED) is 0.511. The zero-order chi connectivity index (χ0) is 19.6. The van der Waals surface area contributed by atoms with Crippen LogP contribution in [0.1, 0.15) is 16.1 Å². The topological polar surface area (TPSA) is 52.5 Å². The molecule has 0 saturated carbocycles. The average molecular weight is 404 g/mol. The average Bonchev–Trinajstić information content (AvgIpc) is 3.35. The summed E-state index contributed by atoms with van der Waals surface area (Å²) in [5.74, 6) is 1.24. The molecule has 0 fully saturated rings. The van der Waals surface area contributed by atoms with Gasteiger partial charge in [0, 0.05) is 18.3 Å². The normalized spacial score (nSPS) is 12.8. The number of hydrogen-bond donors (Lipinski definition) is 1. The monoisotopic (exact) mass is 404 g/mol. The summed E-state index contributed by atoms with van der Waals surface area (Å²) in [5.41, 5.74) is 3.71. The van der Waals surface area contributed by atoms with E-state index >= 15 is 0 Å². The first kappa shape index (κ1) is 17.8. The maximum atomic E-state index is 13.1. The second-order valence-electron chi connectivity index (χ2n) is 6.90. The van der Waals surface area contributed by atoms with E-state index in [2.05, 4.69) is 33.5 Å². The molecule has 0 unspecified atom stereocenters. The van der Waals surface area contributed by atoms with Crippen LogP contribution in [0.4, 0.5) is 5.69 Å². The third-order valence-corrected chi connectivity index (χ3v) is 5.88.